The van der Waals surface area contributed by atoms with Crippen LogP contribution < -0.4 is 11.1 Å². The Morgan fingerprint density at radius 3 is 2.67 bits per heavy atom. The highest BCUT2D eigenvalue weighted by atomic mass is 35.5. The molecule has 1 aliphatic carbocycles. The van der Waals surface area contributed by atoms with E-state index in [1.165, 1.54) is 6.42 Å². The van der Waals surface area contributed by atoms with Gasteiger partial charge in [-0.3, -0.25) is 4.79 Å². The average molecular weight is 311 g/mol. The normalized spacial score (nSPS) is 22.4. The molecule has 0 spiro atoms. The molecule has 3 N–H and O–H groups in total. The summed E-state index contributed by atoms with van der Waals surface area (Å²) < 4.78 is 0. The van der Waals surface area contributed by atoms with E-state index in [0.717, 1.165) is 31.2 Å². The summed E-state index contributed by atoms with van der Waals surface area (Å²) in [4.78, 5) is 12.6. The Labute approximate surface area is 134 Å². The van der Waals surface area contributed by atoms with Crippen LogP contribution in [0.1, 0.15) is 50.5 Å². The highest BCUT2D eigenvalue weighted by molar-refractivity contribution is 5.85. The molecule has 1 fully saturated rings. The maximum atomic E-state index is 12.6. The number of carbonyl (C=O) groups is 1. The van der Waals surface area contributed by atoms with E-state index in [1.807, 2.05) is 18.2 Å². The Morgan fingerprint density at radius 1 is 1.33 bits per heavy atom. The zero-order chi connectivity index (χ0) is 14.4. The first-order valence-corrected chi connectivity index (χ1v) is 7.81. The van der Waals surface area contributed by atoms with Crippen molar-refractivity contribution in [2.24, 2.45) is 11.7 Å². The molecule has 0 aliphatic heterocycles. The Bertz CT molecular complexity index is 424. The molecule has 0 radical (unpaired) electrons. The SMILES string of the molecule is CCCC(C(=O)NC1CCCC1CN)c1ccccc1.Cl. The van der Waals surface area contributed by atoms with Crippen molar-refractivity contribution < 1.29 is 4.79 Å². The second-order valence-corrected chi connectivity index (χ2v) is 5.79. The molecule has 1 aromatic rings. The molecule has 1 aliphatic rings. The molecule has 21 heavy (non-hydrogen) atoms. The number of nitrogens with one attached hydrogen (secondary N) is 1. The van der Waals surface area contributed by atoms with Crippen molar-refractivity contribution in [1.29, 1.82) is 0 Å². The Morgan fingerprint density at radius 2 is 2.05 bits per heavy atom. The molecule has 1 aromatic carbocycles. The van der Waals surface area contributed by atoms with Gasteiger partial charge in [-0.15, -0.1) is 12.4 Å². The van der Waals surface area contributed by atoms with Crippen LogP contribution in [-0.4, -0.2) is 18.5 Å². The summed E-state index contributed by atoms with van der Waals surface area (Å²) in [5.74, 6) is 0.598. The van der Waals surface area contributed by atoms with Gasteiger partial charge in [0.05, 0.1) is 5.92 Å². The van der Waals surface area contributed by atoms with Gasteiger partial charge in [-0.05, 0) is 37.3 Å². The van der Waals surface area contributed by atoms with Crippen LogP contribution >= 0.6 is 12.4 Å². The summed E-state index contributed by atoms with van der Waals surface area (Å²) in [6.07, 6.45) is 5.30. The van der Waals surface area contributed by atoms with Crippen LogP contribution in [0.2, 0.25) is 0 Å². The monoisotopic (exact) mass is 310 g/mol. The summed E-state index contributed by atoms with van der Waals surface area (Å²) in [5.41, 5.74) is 6.91. The zero-order valence-corrected chi connectivity index (χ0v) is 13.6. The minimum atomic E-state index is -0.0276. The van der Waals surface area contributed by atoms with Crippen molar-refractivity contribution in [3.8, 4) is 0 Å². The van der Waals surface area contributed by atoms with Crippen LogP contribution in [0.3, 0.4) is 0 Å². The number of rotatable bonds is 6. The van der Waals surface area contributed by atoms with Crippen molar-refractivity contribution in [2.75, 3.05) is 6.54 Å². The maximum Gasteiger partial charge on any atom is 0.227 e. The minimum absolute atomic E-state index is 0. The van der Waals surface area contributed by atoms with Gasteiger partial charge in [0.25, 0.3) is 0 Å². The number of benzene rings is 1. The number of halogens is 1. The van der Waals surface area contributed by atoms with E-state index in [1.54, 1.807) is 0 Å². The van der Waals surface area contributed by atoms with Gasteiger partial charge in [-0.1, -0.05) is 50.1 Å². The average Bonchev–Trinajstić information content (AvgIpc) is 2.92. The molecule has 4 heteroatoms. The second kappa shape index (κ2) is 9.06. The largest absolute Gasteiger partial charge is 0.353 e. The fraction of sp³-hybridized carbons (Fsp3) is 0.588. The summed E-state index contributed by atoms with van der Waals surface area (Å²) >= 11 is 0. The van der Waals surface area contributed by atoms with Gasteiger partial charge in [-0.2, -0.15) is 0 Å². The Hall–Kier alpha value is -1.06. The summed E-state index contributed by atoms with van der Waals surface area (Å²) in [7, 11) is 0. The van der Waals surface area contributed by atoms with E-state index in [4.69, 9.17) is 5.73 Å². The highest BCUT2D eigenvalue weighted by Crippen LogP contribution is 2.27. The minimum Gasteiger partial charge on any atom is -0.353 e. The van der Waals surface area contributed by atoms with Gasteiger partial charge in [-0.25, -0.2) is 0 Å². The van der Waals surface area contributed by atoms with E-state index in [2.05, 4.69) is 24.4 Å². The first kappa shape index (κ1) is 18.0. The van der Waals surface area contributed by atoms with Gasteiger partial charge in [0.1, 0.15) is 0 Å². The fourth-order valence-electron chi connectivity index (χ4n) is 3.22. The zero-order valence-electron chi connectivity index (χ0n) is 12.8. The van der Waals surface area contributed by atoms with Gasteiger partial charge < -0.3 is 11.1 Å². The molecular weight excluding hydrogens is 284 g/mol. The van der Waals surface area contributed by atoms with Crippen LogP contribution in [0, 0.1) is 5.92 Å². The van der Waals surface area contributed by atoms with Crippen LogP contribution in [0.25, 0.3) is 0 Å². The van der Waals surface area contributed by atoms with Gasteiger partial charge in [0, 0.05) is 6.04 Å². The molecule has 1 saturated carbocycles. The molecule has 2 rings (SSSR count). The van der Waals surface area contributed by atoms with E-state index in [9.17, 15) is 4.79 Å². The van der Waals surface area contributed by atoms with E-state index < -0.39 is 0 Å². The lowest BCUT2D eigenvalue weighted by atomic mass is 9.92. The summed E-state index contributed by atoms with van der Waals surface area (Å²) in [5, 5.41) is 3.24. The van der Waals surface area contributed by atoms with E-state index in [-0.39, 0.29) is 30.3 Å². The lowest BCUT2D eigenvalue weighted by molar-refractivity contribution is -0.123. The van der Waals surface area contributed by atoms with E-state index >= 15 is 0 Å². The highest BCUT2D eigenvalue weighted by Gasteiger charge is 2.29. The molecule has 0 heterocycles. The maximum absolute atomic E-state index is 12.6. The van der Waals surface area contributed by atoms with Crippen LogP contribution in [-0.2, 0) is 4.79 Å². The molecular formula is C17H27ClN2O. The number of nitrogens with two attached hydrogens (primary N) is 1. The molecule has 3 atom stereocenters. The third kappa shape index (κ3) is 4.72. The summed E-state index contributed by atoms with van der Waals surface area (Å²) in [6.45, 7) is 2.80. The molecule has 118 valence electrons. The third-order valence-electron chi connectivity index (χ3n) is 4.39. The predicted molar refractivity (Wildman–Crippen MR) is 89.7 cm³/mol. The third-order valence-corrected chi connectivity index (χ3v) is 4.39. The van der Waals surface area contributed by atoms with Crippen LogP contribution in [0.15, 0.2) is 30.3 Å². The van der Waals surface area contributed by atoms with Crippen molar-refractivity contribution in [3.05, 3.63) is 35.9 Å². The van der Waals surface area contributed by atoms with Crippen LogP contribution in [0.5, 0.6) is 0 Å². The quantitative estimate of drug-likeness (QED) is 0.847. The molecule has 3 nitrogen and oxygen atoms in total. The Balaban J connectivity index is 0.00000220. The fourth-order valence-corrected chi connectivity index (χ4v) is 3.22. The lowest BCUT2D eigenvalue weighted by Gasteiger charge is -2.23. The molecule has 1 amide bonds. The molecule has 3 unspecified atom stereocenters. The van der Waals surface area contributed by atoms with Gasteiger partial charge >= 0.3 is 0 Å². The van der Waals surface area contributed by atoms with Gasteiger partial charge in [0.2, 0.25) is 5.91 Å². The second-order valence-electron chi connectivity index (χ2n) is 5.79. The van der Waals surface area contributed by atoms with E-state index in [0.29, 0.717) is 12.5 Å². The van der Waals surface area contributed by atoms with Crippen molar-refractivity contribution >= 4 is 18.3 Å². The van der Waals surface area contributed by atoms with Crippen molar-refractivity contribution in [3.63, 3.8) is 0 Å². The standard InChI is InChI=1S/C17H26N2O.ClH/c1-2-7-15(13-8-4-3-5-9-13)17(20)19-16-11-6-10-14(16)12-18;/h3-5,8-9,14-16H,2,6-7,10-12,18H2,1H3,(H,19,20);1H. The summed E-state index contributed by atoms with van der Waals surface area (Å²) in [6, 6.07) is 10.4. The number of amides is 1. The lowest BCUT2D eigenvalue weighted by Crippen LogP contribution is -2.42. The topological polar surface area (TPSA) is 55.1 Å². The molecule has 0 aromatic heterocycles. The Kier molecular flexibility index (Phi) is 7.76. The first-order chi connectivity index (χ1) is 9.76. The van der Waals surface area contributed by atoms with Crippen LogP contribution in [0.4, 0.5) is 0 Å². The molecule has 0 saturated heterocycles. The number of hydrogen-bond acceptors (Lipinski definition) is 2. The number of carbonyl (C=O) groups excluding carboxylic acids is 1. The van der Waals surface area contributed by atoms with Crippen molar-refractivity contribution in [1.82, 2.24) is 5.32 Å². The van der Waals surface area contributed by atoms with Gasteiger partial charge in [0.15, 0.2) is 0 Å². The number of hydrogen-bond donors (Lipinski definition) is 2. The predicted octanol–water partition coefficient (Wildman–Crippen LogP) is 3.24. The smallest absolute Gasteiger partial charge is 0.227 e. The van der Waals surface area contributed by atoms with Crippen molar-refractivity contribution in [2.45, 2.75) is 51.0 Å². The first-order valence-electron chi connectivity index (χ1n) is 7.81. The molecule has 0 bridgehead atoms.